The van der Waals surface area contributed by atoms with Gasteiger partial charge >= 0.3 is 0 Å². The van der Waals surface area contributed by atoms with Crippen molar-refractivity contribution in [1.29, 1.82) is 0 Å². The highest BCUT2D eigenvalue weighted by Gasteiger charge is 2.16. The van der Waals surface area contributed by atoms with Crippen LogP contribution in [0.4, 0.5) is 0 Å². The first-order valence-corrected chi connectivity index (χ1v) is 43.6. The molecule has 11 nitrogen and oxygen atoms in total. The lowest BCUT2D eigenvalue weighted by atomic mass is 10.0. The quantitative estimate of drug-likeness (QED) is 0.0513. The zero-order valence-electron chi connectivity index (χ0n) is 66.7. The second kappa shape index (κ2) is 82.6. The van der Waals surface area contributed by atoms with Gasteiger partial charge in [0.05, 0.1) is 0 Å². The molecule has 576 valence electrons. The lowest BCUT2D eigenvalue weighted by Gasteiger charge is -2.27. The van der Waals surface area contributed by atoms with Crippen LogP contribution in [0.2, 0.25) is 0 Å². The summed E-state index contributed by atoms with van der Waals surface area (Å²) in [6.07, 6.45) is 75.4. The van der Waals surface area contributed by atoms with E-state index in [0.29, 0.717) is 56.5 Å². The van der Waals surface area contributed by atoms with Crippen molar-refractivity contribution in [2.45, 2.75) is 447 Å². The van der Waals surface area contributed by atoms with Crippen LogP contribution in [0.15, 0.2) is 0 Å². The maximum atomic E-state index is 13.0. The third-order valence-corrected chi connectivity index (χ3v) is 20.2. The molecule has 0 aromatic heterocycles. The van der Waals surface area contributed by atoms with E-state index >= 15 is 0 Å². The minimum absolute atomic E-state index is 0.151. The molecule has 3 N–H and O–H groups in total. The molecule has 0 bridgehead atoms. The number of unbranched alkanes of at least 4 members (excludes halogenated alkanes) is 48. The highest BCUT2D eigenvalue weighted by atomic mass is 16.2. The molecule has 0 aromatic rings. The van der Waals surface area contributed by atoms with Gasteiger partial charge in [0.25, 0.3) is 0 Å². The predicted octanol–water partition coefficient (Wildman–Crippen LogP) is 23.7. The number of carbonyl (C=O) groups excluding carboxylic acids is 5. The summed E-state index contributed by atoms with van der Waals surface area (Å²) in [5.41, 5.74) is 0. The van der Waals surface area contributed by atoms with Gasteiger partial charge in [0.1, 0.15) is 11.6 Å². The average Bonchev–Trinajstić information content (AvgIpc) is 1.56. The Morgan fingerprint density at radius 1 is 0.175 bits per heavy atom. The normalized spacial score (nSPS) is 11.5. The van der Waals surface area contributed by atoms with E-state index in [4.69, 9.17) is 0 Å². The molecule has 3 amide bonds. The first-order chi connectivity index (χ1) is 47.6. The van der Waals surface area contributed by atoms with Crippen molar-refractivity contribution in [1.82, 2.24) is 30.7 Å². The molecule has 11 heteroatoms. The van der Waals surface area contributed by atoms with Crippen molar-refractivity contribution in [3.05, 3.63) is 0 Å². The minimum Gasteiger partial charge on any atom is -0.356 e. The summed E-state index contributed by atoms with van der Waals surface area (Å²) in [5, 5.41) is 9.37. The van der Waals surface area contributed by atoms with E-state index in [1.807, 2.05) is 0 Å². The SMILES string of the molecule is CCCCCCCCCCCCCC(=O)CCN(CCC(=O)CCCCCCCCCCCCC)CCN(CCC)CCC(=O)NCCCCCCCCCCCC.CCCCCCCCCCCCNC(=O)CCN(CCCC)CCC(=O)NCCCCCCCCCCCC. The Kier molecular flexibility index (Phi) is 82.3. The summed E-state index contributed by atoms with van der Waals surface area (Å²) in [7, 11) is 0. The Hall–Kier alpha value is -2.37. The molecule has 0 saturated heterocycles. The van der Waals surface area contributed by atoms with E-state index in [9.17, 15) is 24.0 Å². The summed E-state index contributed by atoms with van der Waals surface area (Å²) in [4.78, 5) is 70.4. The highest BCUT2D eigenvalue weighted by Crippen LogP contribution is 2.17. The summed E-state index contributed by atoms with van der Waals surface area (Å²) in [5.74, 6) is 1.21. The van der Waals surface area contributed by atoms with Crippen molar-refractivity contribution in [3.63, 3.8) is 0 Å². The lowest BCUT2D eigenvalue weighted by Crippen LogP contribution is -2.39. The number of hydrogen-bond acceptors (Lipinski definition) is 8. The van der Waals surface area contributed by atoms with E-state index in [-0.39, 0.29) is 17.7 Å². The first kappa shape index (κ1) is 96.7. The first-order valence-electron chi connectivity index (χ1n) is 43.6. The van der Waals surface area contributed by atoms with Gasteiger partial charge in [0.2, 0.25) is 17.7 Å². The van der Waals surface area contributed by atoms with Crippen LogP contribution in [-0.4, -0.2) is 123 Å². The van der Waals surface area contributed by atoms with Gasteiger partial charge in [-0.2, -0.15) is 0 Å². The molecule has 0 fully saturated rings. The van der Waals surface area contributed by atoms with Crippen LogP contribution in [-0.2, 0) is 24.0 Å². The Morgan fingerprint density at radius 2 is 0.371 bits per heavy atom. The molecule has 0 spiro atoms. The second-order valence-electron chi connectivity index (χ2n) is 29.9. The molecule has 0 radical (unpaired) electrons. The van der Waals surface area contributed by atoms with Crippen LogP contribution in [0.5, 0.6) is 0 Å². The third-order valence-electron chi connectivity index (χ3n) is 20.2. The largest absolute Gasteiger partial charge is 0.356 e. The van der Waals surface area contributed by atoms with Crippen molar-refractivity contribution < 1.29 is 24.0 Å². The number of ketones is 2. The zero-order valence-corrected chi connectivity index (χ0v) is 66.7. The Balaban J connectivity index is 0. The molecule has 0 aliphatic carbocycles. The Bertz CT molecular complexity index is 1550. The predicted molar refractivity (Wildman–Crippen MR) is 424 cm³/mol. The fourth-order valence-corrected chi connectivity index (χ4v) is 13.3. The number of hydrogen-bond donors (Lipinski definition) is 3. The van der Waals surface area contributed by atoms with Crippen LogP contribution < -0.4 is 16.0 Å². The molecule has 0 unspecified atom stereocenters. The molecular formula is C86H172N6O5. The monoisotopic (exact) mass is 1370 g/mol. The van der Waals surface area contributed by atoms with Gasteiger partial charge in [-0.25, -0.2) is 0 Å². The van der Waals surface area contributed by atoms with Gasteiger partial charge < -0.3 is 30.7 Å². The summed E-state index contributed by atoms with van der Waals surface area (Å²) in [6, 6.07) is 0. The van der Waals surface area contributed by atoms with Gasteiger partial charge in [-0.15, -0.1) is 0 Å². The fraction of sp³-hybridized carbons (Fsp3) is 0.942. The van der Waals surface area contributed by atoms with Crippen molar-refractivity contribution in [3.8, 4) is 0 Å². The summed E-state index contributed by atoms with van der Waals surface area (Å²) < 4.78 is 0. The van der Waals surface area contributed by atoms with E-state index in [1.165, 1.54) is 289 Å². The molecule has 0 aromatic carbocycles. The van der Waals surface area contributed by atoms with Crippen LogP contribution in [0.3, 0.4) is 0 Å². The van der Waals surface area contributed by atoms with Crippen LogP contribution in [0.1, 0.15) is 447 Å². The molecule has 0 aliphatic heterocycles. The summed E-state index contributed by atoms with van der Waals surface area (Å²) >= 11 is 0. The molecule has 0 rings (SSSR count). The standard InChI is InChI=1S/C52H103N3O3.C34H69N3O2/c1-5-9-12-15-18-21-24-26-29-32-35-38-50(56)40-45-55(46-41-51(57)39-36-33-30-27-25-22-19-16-13-10-6-2)49-48-54(44-8-4)47-42-52(58)53-43-37-34-31-28-23-20-17-14-11-7-3;1-4-7-10-12-14-16-18-20-22-24-28-35-33(38)26-31-37(30-9-6-3)32-27-34(39)36-29-25-23-21-19-17-15-13-11-8-5-2/h5-49H2,1-4H3,(H,53,58);4-32H2,1-3H3,(H,35,38)(H,36,39). The Morgan fingerprint density at radius 3 is 0.608 bits per heavy atom. The number of nitrogens with zero attached hydrogens (tertiary/aromatic N) is 3. The van der Waals surface area contributed by atoms with E-state index in [0.717, 1.165) is 143 Å². The molecular weight excluding hydrogens is 1200 g/mol. The number of rotatable bonds is 80. The van der Waals surface area contributed by atoms with Gasteiger partial charge in [-0.1, -0.05) is 357 Å². The number of nitrogens with one attached hydrogen (secondary N) is 3. The molecule has 0 heterocycles. The van der Waals surface area contributed by atoms with Gasteiger partial charge in [0.15, 0.2) is 0 Å². The average molecular weight is 1370 g/mol. The maximum absolute atomic E-state index is 13.0. The second-order valence-corrected chi connectivity index (χ2v) is 29.9. The molecule has 0 atom stereocenters. The van der Waals surface area contributed by atoms with Gasteiger partial charge in [-0.05, 0) is 58.0 Å². The van der Waals surface area contributed by atoms with E-state index < -0.39 is 0 Å². The number of amides is 3. The smallest absolute Gasteiger partial charge is 0.221 e. The van der Waals surface area contributed by atoms with Crippen LogP contribution in [0, 0.1) is 0 Å². The minimum atomic E-state index is 0.151. The maximum Gasteiger partial charge on any atom is 0.221 e. The zero-order chi connectivity index (χ0) is 71.1. The highest BCUT2D eigenvalue weighted by molar-refractivity contribution is 5.79. The van der Waals surface area contributed by atoms with Crippen molar-refractivity contribution in [2.24, 2.45) is 0 Å². The van der Waals surface area contributed by atoms with E-state index in [1.54, 1.807) is 0 Å². The van der Waals surface area contributed by atoms with Crippen LogP contribution >= 0.6 is 0 Å². The topological polar surface area (TPSA) is 131 Å². The fourth-order valence-electron chi connectivity index (χ4n) is 13.3. The molecule has 0 aliphatic rings. The van der Waals surface area contributed by atoms with Gasteiger partial charge in [-0.3, -0.25) is 24.0 Å². The Labute approximate surface area is 606 Å². The summed E-state index contributed by atoms with van der Waals surface area (Å²) in [6.45, 7) is 25.5. The van der Waals surface area contributed by atoms with Gasteiger partial charge in [0, 0.05) is 110 Å². The van der Waals surface area contributed by atoms with E-state index in [2.05, 4.69) is 79.1 Å². The van der Waals surface area contributed by atoms with Crippen LogP contribution in [0.25, 0.3) is 0 Å². The van der Waals surface area contributed by atoms with Crippen molar-refractivity contribution >= 4 is 29.3 Å². The third kappa shape index (κ3) is 79.2. The van der Waals surface area contributed by atoms with Crippen molar-refractivity contribution in [2.75, 3.05) is 78.5 Å². The lowest BCUT2D eigenvalue weighted by molar-refractivity contribution is -0.122. The number of carbonyl (C=O) groups is 5. The molecule has 0 saturated carbocycles. The molecule has 97 heavy (non-hydrogen) atoms. The number of Topliss-reactive ketones (excluding diaryl/α,β-unsaturated/α-hetero) is 2.